The average Bonchev–Trinajstić information content (AvgIpc) is 2.96. The first-order chi connectivity index (χ1) is 12.0. The predicted octanol–water partition coefficient (Wildman–Crippen LogP) is 4.94. The van der Waals surface area contributed by atoms with Crippen molar-refractivity contribution in [3.05, 3.63) is 75.3 Å². The predicted molar refractivity (Wildman–Crippen MR) is 104 cm³/mol. The SMILES string of the molecule is Cc1ccccc1-c1nc(C)c(CNC(=O)Cc2ccc(Cl)cc2)s1. The molecule has 1 amide bonds. The van der Waals surface area contributed by atoms with Gasteiger partial charge in [-0.3, -0.25) is 4.79 Å². The van der Waals surface area contributed by atoms with E-state index in [1.165, 1.54) is 5.56 Å². The Morgan fingerprint density at radius 2 is 1.84 bits per heavy atom. The molecule has 0 saturated heterocycles. The van der Waals surface area contributed by atoms with E-state index in [-0.39, 0.29) is 5.91 Å². The summed E-state index contributed by atoms with van der Waals surface area (Å²) in [5.74, 6) is -0.00689. The van der Waals surface area contributed by atoms with E-state index in [1.807, 2.05) is 31.2 Å². The minimum absolute atomic E-state index is 0.00689. The second kappa shape index (κ2) is 7.81. The first-order valence-corrected chi connectivity index (χ1v) is 9.26. The molecule has 2 aromatic carbocycles. The number of amides is 1. The molecule has 0 radical (unpaired) electrons. The summed E-state index contributed by atoms with van der Waals surface area (Å²) in [5.41, 5.74) is 4.27. The molecular formula is C20H19ClN2OS. The van der Waals surface area contributed by atoms with E-state index in [9.17, 15) is 4.79 Å². The normalized spacial score (nSPS) is 10.7. The number of rotatable bonds is 5. The number of hydrogen-bond acceptors (Lipinski definition) is 3. The summed E-state index contributed by atoms with van der Waals surface area (Å²) >= 11 is 7.50. The number of aromatic nitrogens is 1. The molecule has 0 fully saturated rings. The third-order valence-electron chi connectivity index (χ3n) is 3.99. The maximum Gasteiger partial charge on any atom is 0.224 e. The van der Waals surface area contributed by atoms with Crippen molar-refractivity contribution in [2.45, 2.75) is 26.8 Å². The van der Waals surface area contributed by atoms with Crippen molar-refractivity contribution in [3.63, 3.8) is 0 Å². The van der Waals surface area contributed by atoms with Crippen LogP contribution in [0.4, 0.5) is 0 Å². The Balaban J connectivity index is 1.64. The average molecular weight is 371 g/mol. The Hall–Kier alpha value is -2.17. The van der Waals surface area contributed by atoms with E-state index >= 15 is 0 Å². The van der Waals surface area contributed by atoms with Crippen LogP contribution >= 0.6 is 22.9 Å². The van der Waals surface area contributed by atoms with E-state index in [1.54, 1.807) is 23.5 Å². The number of thiazole rings is 1. The molecule has 0 aliphatic heterocycles. The van der Waals surface area contributed by atoms with Crippen molar-refractivity contribution in [1.29, 1.82) is 0 Å². The molecule has 1 heterocycles. The van der Waals surface area contributed by atoms with Gasteiger partial charge in [0, 0.05) is 15.5 Å². The van der Waals surface area contributed by atoms with E-state index in [2.05, 4.69) is 29.4 Å². The summed E-state index contributed by atoms with van der Waals surface area (Å²) in [7, 11) is 0. The van der Waals surface area contributed by atoms with Gasteiger partial charge in [-0.1, -0.05) is 48.0 Å². The Bertz CT molecular complexity index is 887. The summed E-state index contributed by atoms with van der Waals surface area (Å²) in [5, 5.41) is 4.65. The summed E-state index contributed by atoms with van der Waals surface area (Å²) in [6, 6.07) is 15.5. The van der Waals surface area contributed by atoms with Gasteiger partial charge >= 0.3 is 0 Å². The topological polar surface area (TPSA) is 42.0 Å². The number of aryl methyl sites for hydroxylation is 2. The molecule has 25 heavy (non-hydrogen) atoms. The van der Waals surface area contributed by atoms with Crippen LogP contribution in [0.25, 0.3) is 10.6 Å². The highest BCUT2D eigenvalue weighted by Gasteiger charge is 2.12. The highest BCUT2D eigenvalue weighted by Crippen LogP contribution is 2.29. The van der Waals surface area contributed by atoms with E-state index in [0.29, 0.717) is 18.0 Å². The lowest BCUT2D eigenvalue weighted by Crippen LogP contribution is -2.24. The van der Waals surface area contributed by atoms with Crippen LogP contribution in [-0.2, 0) is 17.8 Å². The molecule has 3 rings (SSSR count). The molecular weight excluding hydrogens is 352 g/mol. The summed E-state index contributed by atoms with van der Waals surface area (Å²) < 4.78 is 0. The lowest BCUT2D eigenvalue weighted by atomic mass is 10.1. The second-order valence-corrected chi connectivity index (χ2v) is 7.44. The van der Waals surface area contributed by atoms with Crippen LogP contribution in [0.5, 0.6) is 0 Å². The Labute approximate surface area is 156 Å². The zero-order chi connectivity index (χ0) is 17.8. The van der Waals surface area contributed by atoms with Gasteiger partial charge in [-0.2, -0.15) is 0 Å². The summed E-state index contributed by atoms with van der Waals surface area (Å²) in [4.78, 5) is 17.9. The molecule has 0 unspecified atom stereocenters. The van der Waals surface area contributed by atoms with Gasteiger partial charge in [0.25, 0.3) is 0 Å². The fourth-order valence-corrected chi connectivity index (χ4v) is 3.77. The lowest BCUT2D eigenvalue weighted by Gasteiger charge is -2.04. The molecule has 5 heteroatoms. The van der Waals surface area contributed by atoms with Gasteiger partial charge in [0.1, 0.15) is 5.01 Å². The van der Waals surface area contributed by atoms with Gasteiger partial charge in [0.15, 0.2) is 0 Å². The molecule has 0 saturated carbocycles. The van der Waals surface area contributed by atoms with Crippen molar-refractivity contribution < 1.29 is 4.79 Å². The van der Waals surface area contributed by atoms with Crippen LogP contribution in [0, 0.1) is 13.8 Å². The van der Waals surface area contributed by atoms with Crippen LogP contribution in [0.3, 0.4) is 0 Å². The maximum absolute atomic E-state index is 12.2. The molecule has 0 atom stereocenters. The molecule has 1 aromatic heterocycles. The van der Waals surface area contributed by atoms with Gasteiger partial charge in [0.05, 0.1) is 18.7 Å². The first kappa shape index (κ1) is 17.6. The summed E-state index contributed by atoms with van der Waals surface area (Å²) in [6.07, 6.45) is 0.347. The first-order valence-electron chi connectivity index (χ1n) is 8.06. The smallest absolute Gasteiger partial charge is 0.224 e. The third kappa shape index (κ3) is 4.47. The number of nitrogens with one attached hydrogen (secondary N) is 1. The standard InChI is InChI=1S/C20H19ClN2OS/c1-13-5-3-4-6-17(13)20-23-14(2)18(25-20)12-22-19(24)11-15-7-9-16(21)10-8-15/h3-10H,11-12H2,1-2H3,(H,22,24). The molecule has 128 valence electrons. The van der Waals surface area contributed by atoms with Gasteiger partial charge < -0.3 is 5.32 Å². The third-order valence-corrected chi connectivity index (χ3v) is 5.43. The largest absolute Gasteiger partial charge is 0.351 e. The zero-order valence-corrected chi connectivity index (χ0v) is 15.7. The van der Waals surface area contributed by atoms with Crippen LogP contribution in [0.15, 0.2) is 48.5 Å². The fourth-order valence-electron chi connectivity index (χ4n) is 2.55. The van der Waals surface area contributed by atoms with Crippen LogP contribution in [0.1, 0.15) is 21.7 Å². The van der Waals surface area contributed by atoms with Crippen molar-refractivity contribution in [1.82, 2.24) is 10.3 Å². The molecule has 3 aromatic rings. The number of hydrogen-bond donors (Lipinski definition) is 1. The van der Waals surface area contributed by atoms with Gasteiger partial charge in [0.2, 0.25) is 5.91 Å². The minimum Gasteiger partial charge on any atom is -0.351 e. The molecule has 0 aliphatic carbocycles. The van der Waals surface area contributed by atoms with Gasteiger partial charge in [-0.25, -0.2) is 4.98 Å². The highest BCUT2D eigenvalue weighted by molar-refractivity contribution is 7.15. The van der Waals surface area contributed by atoms with Crippen molar-refractivity contribution in [2.24, 2.45) is 0 Å². The molecule has 0 aliphatic rings. The maximum atomic E-state index is 12.2. The Morgan fingerprint density at radius 3 is 2.56 bits per heavy atom. The lowest BCUT2D eigenvalue weighted by molar-refractivity contribution is -0.120. The molecule has 0 spiro atoms. The van der Waals surface area contributed by atoms with E-state index < -0.39 is 0 Å². The van der Waals surface area contributed by atoms with Crippen LogP contribution < -0.4 is 5.32 Å². The number of halogens is 1. The van der Waals surface area contributed by atoms with Crippen molar-refractivity contribution in [2.75, 3.05) is 0 Å². The minimum atomic E-state index is -0.00689. The number of carbonyl (C=O) groups is 1. The van der Waals surface area contributed by atoms with Gasteiger partial charge in [-0.05, 0) is 37.1 Å². The molecule has 1 N–H and O–H groups in total. The van der Waals surface area contributed by atoms with Crippen LogP contribution in [-0.4, -0.2) is 10.9 Å². The van der Waals surface area contributed by atoms with Crippen molar-refractivity contribution >= 4 is 28.8 Å². The number of benzene rings is 2. The van der Waals surface area contributed by atoms with E-state index in [4.69, 9.17) is 11.6 Å². The van der Waals surface area contributed by atoms with Crippen LogP contribution in [0.2, 0.25) is 5.02 Å². The monoisotopic (exact) mass is 370 g/mol. The van der Waals surface area contributed by atoms with Gasteiger partial charge in [-0.15, -0.1) is 11.3 Å². The second-order valence-electron chi connectivity index (χ2n) is 5.92. The quantitative estimate of drug-likeness (QED) is 0.691. The summed E-state index contributed by atoms with van der Waals surface area (Å²) in [6.45, 7) is 4.57. The molecule has 3 nitrogen and oxygen atoms in total. The Morgan fingerprint density at radius 1 is 1.12 bits per heavy atom. The van der Waals surface area contributed by atoms with Crippen molar-refractivity contribution in [3.8, 4) is 10.6 Å². The number of carbonyl (C=O) groups excluding carboxylic acids is 1. The van der Waals surface area contributed by atoms with E-state index in [0.717, 1.165) is 26.7 Å². The molecule has 0 bridgehead atoms. The number of nitrogens with zero attached hydrogens (tertiary/aromatic N) is 1. The Kier molecular flexibility index (Phi) is 5.51. The zero-order valence-electron chi connectivity index (χ0n) is 14.2. The fraction of sp³-hybridized carbons (Fsp3) is 0.200. The highest BCUT2D eigenvalue weighted by atomic mass is 35.5.